The standard InChI is InChI=1S/C14H12BrN3O/c1-19-12-5-3-2-4-10(12)8-13-16-17-14-9-11(15)6-7-18(13)14/h2-7,9H,8H2,1H3. The molecule has 96 valence electrons. The van der Waals surface area contributed by atoms with Gasteiger partial charge >= 0.3 is 0 Å². The van der Waals surface area contributed by atoms with Gasteiger partial charge in [0.25, 0.3) is 0 Å². The van der Waals surface area contributed by atoms with Gasteiger partial charge in [-0.15, -0.1) is 10.2 Å². The zero-order valence-electron chi connectivity index (χ0n) is 10.4. The van der Waals surface area contributed by atoms with Crippen LogP contribution in [0.2, 0.25) is 0 Å². The number of halogens is 1. The van der Waals surface area contributed by atoms with Crippen molar-refractivity contribution in [2.75, 3.05) is 7.11 Å². The van der Waals surface area contributed by atoms with Crippen LogP contribution in [0.1, 0.15) is 11.4 Å². The predicted molar refractivity (Wildman–Crippen MR) is 76.5 cm³/mol. The smallest absolute Gasteiger partial charge is 0.161 e. The maximum absolute atomic E-state index is 5.36. The molecule has 0 aliphatic carbocycles. The lowest BCUT2D eigenvalue weighted by atomic mass is 10.1. The van der Waals surface area contributed by atoms with E-state index in [0.717, 1.165) is 27.3 Å². The summed E-state index contributed by atoms with van der Waals surface area (Å²) in [4.78, 5) is 0. The third-order valence-electron chi connectivity index (χ3n) is 2.98. The Bertz CT molecular complexity index is 724. The van der Waals surface area contributed by atoms with Gasteiger partial charge in [0.2, 0.25) is 0 Å². The quantitative estimate of drug-likeness (QED) is 0.745. The Morgan fingerprint density at radius 2 is 2.05 bits per heavy atom. The highest BCUT2D eigenvalue weighted by Crippen LogP contribution is 2.21. The fourth-order valence-electron chi connectivity index (χ4n) is 2.06. The number of aromatic nitrogens is 3. The molecule has 4 nitrogen and oxygen atoms in total. The normalized spacial score (nSPS) is 10.8. The van der Waals surface area contributed by atoms with Crippen LogP contribution in [0.5, 0.6) is 5.75 Å². The molecule has 0 spiro atoms. The molecule has 0 radical (unpaired) electrons. The van der Waals surface area contributed by atoms with Crippen molar-refractivity contribution in [1.82, 2.24) is 14.6 Å². The molecule has 0 unspecified atom stereocenters. The van der Waals surface area contributed by atoms with E-state index in [9.17, 15) is 0 Å². The summed E-state index contributed by atoms with van der Waals surface area (Å²) in [6.07, 6.45) is 2.65. The molecule has 0 saturated carbocycles. The van der Waals surface area contributed by atoms with Crippen molar-refractivity contribution < 1.29 is 4.74 Å². The first kappa shape index (κ1) is 12.2. The summed E-state index contributed by atoms with van der Waals surface area (Å²) in [7, 11) is 1.68. The fraction of sp³-hybridized carbons (Fsp3) is 0.143. The van der Waals surface area contributed by atoms with Crippen LogP contribution in [0.4, 0.5) is 0 Å². The summed E-state index contributed by atoms with van der Waals surface area (Å²) < 4.78 is 8.34. The third kappa shape index (κ3) is 2.33. The van der Waals surface area contributed by atoms with Gasteiger partial charge in [-0.3, -0.25) is 4.40 Å². The topological polar surface area (TPSA) is 39.4 Å². The lowest BCUT2D eigenvalue weighted by molar-refractivity contribution is 0.410. The lowest BCUT2D eigenvalue weighted by Crippen LogP contribution is -1.98. The first-order valence-electron chi connectivity index (χ1n) is 5.89. The van der Waals surface area contributed by atoms with E-state index in [1.54, 1.807) is 7.11 Å². The zero-order valence-corrected chi connectivity index (χ0v) is 12.0. The van der Waals surface area contributed by atoms with E-state index in [4.69, 9.17) is 4.74 Å². The number of fused-ring (bicyclic) bond motifs is 1. The summed E-state index contributed by atoms with van der Waals surface area (Å²) in [5.41, 5.74) is 1.93. The largest absolute Gasteiger partial charge is 0.496 e. The summed E-state index contributed by atoms with van der Waals surface area (Å²) in [5, 5.41) is 8.42. The van der Waals surface area contributed by atoms with Gasteiger partial charge in [-0.05, 0) is 18.2 Å². The molecule has 0 bridgehead atoms. The van der Waals surface area contributed by atoms with Crippen LogP contribution in [0.3, 0.4) is 0 Å². The minimum Gasteiger partial charge on any atom is -0.496 e. The van der Waals surface area contributed by atoms with Crippen LogP contribution in [0.25, 0.3) is 5.65 Å². The summed E-state index contributed by atoms with van der Waals surface area (Å²) >= 11 is 3.43. The Morgan fingerprint density at radius 3 is 2.89 bits per heavy atom. The van der Waals surface area contributed by atoms with E-state index in [0.29, 0.717) is 6.42 Å². The molecule has 1 aromatic carbocycles. The monoisotopic (exact) mass is 317 g/mol. The molecule has 0 N–H and O–H groups in total. The van der Waals surface area contributed by atoms with E-state index in [2.05, 4.69) is 26.1 Å². The van der Waals surface area contributed by atoms with Gasteiger partial charge in [0.1, 0.15) is 11.6 Å². The number of pyridine rings is 1. The number of hydrogen-bond acceptors (Lipinski definition) is 3. The number of rotatable bonds is 3. The Morgan fingerprint density at radius 1 is 1.21 bits per heavy atom. The molecule has 5 heteroatoms. The van der Waals surface area contributed by atoms with Crippen molar-refractivity contribution in [3.8, 4) is 5.75 Å². The van der Waals surface area contributed by atoms with Gasteiger partial charge in [0, 0.05) is 22.7 Å². The maximum Gasteiger partial charge on any atom is 0.161 e. The molecule has 2 aromatic heterocycles. The molecular formula is C14H12BrN3O. The molecule has 0 atom stereocenters. The summed E-state index contributed by atoms with van der Waals surface area (Å²) in [6, 6.07) is 11.9. The molecule has 3 aromatic rings. The first-order valence-corrected chi connectivity index (χ1v) is 6.68. The molecule has 0 saturated heterocycles. The average Bonchev–Trinajstić information content (AvgIpc) is 2.82. The summed E-state index contributed by atoms with van der Waals surface area (Å²) in [6.45, 7) is 0. The predicted octanol–water partition coefficient (Wildman–Crippen LogP) is 3.09. The number of para-hydroxylation sites is 1. The highest BCUT2D eigenvalue weighted by molar-refractivity contribution is 9.10. The molecule has 0 aliphatic rings. The Hall–Kier alpha value is -1.88. The van der Waals surface area contributed by atoms with E-state index in [1.807, 2.05) is 47.0 Å². The summed E-state index contributed by atoms with van der Waals surface area (Å²) in [5.74, 6) is 1.77. The Labute approximate surface area is 119 Å². The molecule has 0 aliphatic heterocycles. The van der Waals surface area contributed by atoms with Crippen LogP contribution >= 0.6 is 15.9 Å². The molecule has 19 heavy (non-hydrogen) atoms. The average molecular weight is 318 g/mol. The third-order valence-corrected chi connectivity index (χ3v) is 3.48. The molecule has 2 heterocycles. The zero-order chi connectivity index (χ0) is 13.2. The number of methoxy groups -OCH3 is 1. The highest BCUT2D eigenvalue weighted by Gasteiger charge is 2.09. The Kier molecular flexibility index (Phi) is 3.21. The second kappa shape index (κ2) is 5.01. The van der Waals surface area contributed by atoms with Gasteiger partial charge in [0.05, 0.1) is 7.11 Å². The minimum atomic E-state index is 0.687. The maximum atomic E-state index is 5.36. The fourth-order valence-corrected chi connectivity index (χ4v) is 2.38. The first-order chi connectivity index (χ1) is 9.28. The number of nitrogens with zero attached hydrogens (tertiary/aromatic N) is 3. The van der Waals surface area contributed by atoms with Gasteiger partial charge in [-0.25, -0.2) is 0 Å². The van der Waals surface area contributed by atoms with Crippen LogP contribution < -0.4 is 4.74 Å². The number of hydrogen-bond donors (Lipinski definition) is 0. The minimum absolute atomic E-state index is 0.687. The van der Waals surface area contributed by atoms with Gasteiger partial charge < -0.3 is 4.74 Å². The SMILES string of the molecule is COc1ccccc1Cc1nnc2cc(Br)ccn12. The van der Waals surface area contributed by atoms with E-state index < -0.39 is 0 Å². The highest BCUT2D eigenvalue weighted by atomic mass is 79.9. The van der Waals surface area contributed by atoms with Crippen LogP contribution in [0, 0.1) is 0 Å². The number of ether oxygens (including phenoxy) is 1. The van der Waals surface area contributed by atoms with Crippen LogP contribution in [0.15, 0.2) is 47.1 Å². The van der Waals surface area contributed by atoms with Gasteiger partial charge in [0.15, 0.2) is 5.65 Å². The van der Waals surface area contributed by atoms with Crippen molar-refractivity contribution in [2.45, 2.75) is 6.42 Å². The van der Waals surface area contributed by atoms with E-state index >= 15 is 0 Å². The molecule has 0 fully saturated rings. The Balaban J connectivity index is 2.01. The van der Waals surface area contributed by atoms with Crippen molar-refractivity contribution in [3.63, 3.8) is 0 Å². The van der Waals surface area contributed by atoms with Crippen LogP contribution in [-0.4, -0.2) is 21.7 Å². The van der Waals surface area contributed by atoms with Gasteiger partial charge in [-0.1, -0.05) is 34.1 Å². The van der Waals surface area contributed by atoms with E-state index in [1.165, 1.54) is 0 Å². The van der Waals surface area contributed by atoms with E-state index in [-0.39, 0.29) is 0 Å². The van der Waals surface area contributed by atoms with Crippen molar-refractivity contribution in [2.24, 2.45) is 0 Å². The van der Waals surface area contributed by atoms with Gasteiger partial charge in [-0.2, -0.15) is 0 Å². The second-order valence-electron chi connectivity index (χ2n) is 4.18. The van der Waals surface area contributed by atoms with Crippen molar-refractivity contribution >= 4 is 21.6 Å². The molecular weight excluding hydrogens is 306 g/mol. The molecule has 3 rings (SSSR count). The second-order valence-corrected chi connectivity index (χ2v) is 5.09. The van der Waals surface area contributed by atoms with Crippen LogP contribution in [-0.2, 0) is 6.42 Å². The van der Waals surface area contributed by atoms with Crippen molar-refractivity contribution in [3.05, 3.63) is 58.5 Å². The molecule has 0 amide bonds. The van der Waals surface area contributed by atoms with Crippen molar-refractivity contribution in [1.29, 1.82) is 0 Å². The lowest BCUT2D eigenvalue weighted by Gasteiger charge is -2.06. The number of benzene rings is 1.